The van der Waals surface area contributed by atoms with Crippen LogP contribution in [0.4, 0.5) is 0 Å². The third-order valence-electron chi connectivity index (χ3n) is 4.32. The van der Waals surface area contributed by atoms with Gasteiger partial charge in [0.1, 0.15) is 0 Å². The smallest absolute Gasteiger partial charge is 0.308 e. The van der Waals surface area contributed by atoms with Gasteiger partial charge in [-0.25, -0.2) is 0 Å². The molecule has 0 aromatic carbocycles. The van der Waals surface area contributed by atoms with Gasteiger partial charge >= 0.3 is 5.97 Å². The van der Waals surface area contributed by atoms with E-state index < -0.39 is 0 Å². The summed E-state index contributed by atoms with van der Waals surface area (Å²) >= 11 is 0. The van der Waals surface area contributed by atoms with E-state index >= 15 is 0 Å². The second-order valence-corrected chi connectivity index (χ2v) is 5.53. The molecule has 1 aliphatic rings. The normalized spacial score (nSPS) is 18.9. The Labute approximate surface area is 122 Å². The van der Waals surface area contributed by atoms with E-state index in [-0.39, 0.29) is 29.9 Å². The summed E-state index contributed by atoms with van der Waals surface area (Å²) < 4.78 is 4.78. The maximum absolute atomic E-state index is 12.2. The molecule has 0 spiro atoms. The summed E-state index contributed by atoms with van der Waals surface area (Å²) in [7, 11) is 1.43. The summed E-state index contributed by atoms with van der Waals surface area (Å²) in [5, 5.41) is 3.09. The third-order valence-corrected chi connectivity index (χ3v) is 4.32. The summed E-state index contributed by atoms with van der Waals surface area (Å²) in [6.07, 6.45) is 3.46. The van der Waals surface area contributed by atoms with Crippen molar-refractivity contribution in [1.29, 1.82) is 0 Å². The molecule has 5 heteroatoms. The van der Waals surface area contributed by atoms with Crippen LogP contribution < -0.4 is 5.32 Å². The maximum Gasteiger partial charge on any atom is 0.308 e. The SMILES string of the molecule is CCC(CC)NC(=O)C(C)N1CCC(C(=O)OC)CC1. The van der Waals surface area contributed by atoms with Gasteiger partial charge in [-0.3, -0.25) is 14.5 Å². The Kier molecular flexibility index (Phi) is 6.99. The van der Waals surface area contributed by atoms with E-state index in [1.165, 1.54) is 7.11 Å². The fourth-order valence-electron chi connectivity index (χ4n) is 2.67. The lowest BCUT2D eigenvalue weighted by atomic mass is 9.96. The van der Waals surface area contributed by atoms with Crippen LogP contribution in [0, 0.1) is 5.92 Å². The lowest BCUT2D eigenvalue weighted by Gasteiger charge is -2.34. The molecule has 116 valence electrons. The Morgan fingerprint density at radius 1 is 1.25 bits per heavy atom. The summed E-state index contributed by atoms with van der Waals surface area (Å²) in [4.78, 5) is 25.8. The summed E-state index contributed by atoms with van der Waals surface area (Å²) in [6.45, 7) is 7.66. The van der Waals surface area contributed by atoms with E-state index in [1.807, 2.05) is 6.92 Å². The average Bonchev–Trinajstić information content (AvgIpc) is 2.50. The Balaban J connectivity index is 2.43. The first-order valence-corrected chi connectivity index (χ1v) is 7.65. The molecule has 1 unspecified atom stereocenters. The van der Waals surface area contributed by atoms with Gasteiger partial charge in [-0.05, 0) is 45.7 Å². The van der Waals surface area contributed by atoms with Crippen LogP contribution in [0.2, 0.25) is 0 Å². The molecule has 1 rings (SSSR count). The number of carbonyl (C=O) groups is 2. The summed E-state index contributed by atoms with van der Waals surface area (Å²) in [6, 6.07) is 0.131. The van der Waals surface area contributed by atoms with E-state index in [4.69, 9.17) is 4.74 Å². The largest absolute Gasteiger partial charge is 0.469 e. The molecule has 1 aliphatic heterocycles. The molecule has 1 fully saturated rings. The number of methoxy groups -OCH3 is 1. The molecule has 0 aliphatic carbocycles. The Morgan fingerprint density at radius 2 is 1.80 bits per heavy atom. The van der Waals surface area contributed by atoms with Crippen LogP contribution in [0.25, 0.3) is 0 Å². The lowest BCUT2D eigenvalue weighted by molar-refractivity contribution is -0.147. The van der Waals surface area contributed by atoms with Gasteiger partial charge in [0.2, 0.25) is 5.91 Å². The number of carbonyl (C=O) groups excluding carboxylic acids is 2. The third kappa shape index (κ3) is 4.47. The topological polar surface area (TPSA) is 58.6 Å². The molecule has 20 heavy (non-hydrogen) atoms. The molecule has 1 N–H and O–H groups in total. The van der Waals surface area contributed by atoms with Crippen LogP contribution >= 0.6 is 0 Å². The maximum atomic E-state index is 12.2. The number of rotatable bonds is 6. The Bertz CT molecular complexity index is 321. The summed E-state index contributed by atoms with van der Waals surface area (Å²) in [5.41, 5.74) is 0. The molecule has 0 saturated carbocycles. The van der Waals surface area contributed by atoms with Crippen molar-refractivity contribution in [2.24, 2.45) is 5.92 Å². The van der Waals surface area contributed by atoms with Gasteiger partial charge < -0.3 is 10.1 Å². The fourth-order valence-corrected chi connectivity index (χ4v) is 2.67. The molecule has 0 radical (unpaired) electrons. The van der Waals surface area contributed by atoms with Gasteiger partial charge in [0, 0.05) is 6.04 Å². The molecule has 1 heterocycles. The Morgan fingerprint density at radius 3 is 2.25 bits per heavy atom. The molecule has 0 bridgehead atoms. The van der Waals surface area contributed by atoms with Gasteiger partial charge in [-0.15, -0.1) is 0 Å². The van der Waals surface area contributed by atoms with Crippen molar-refractivity contribution in [3.63, 3.8) is 0 Å². The molecular formula is C15H28N2O3. The van der Waals surface area contributed by atoms with E-state index in [2.05, 4.69) is 24.1 Å². The van der Waals surface area contributed by atoms with Crippen LogP contribution in [-0.4, -0.2) is 49.1 Å². The Hall–Kier alpha value is -1.10. The van der Waals surface area contributed by atoms with E-state index in [0.29, 0.717) is 0 Å². The zero-order valence-corrected chi connectivity index (χ0v) is 13.1. The molecular weight excluding hydrogens is 256 g/mol. The highest BCUT2D eigenvalue weighted by molar-refractivity contribution is 5.81. The number of likely N-dealkylation sites (tertiary alicyclic amines) is 1. The van der Waals surface area contributed by atoms with Crippen molar-refractivity contribution in [2.75, 3.05) is 20.2 Å². The second-order valence-electron chi connectivity index (χ2n) is 5.53. The van der Waals surface area contributed by atoms with E-state index in [1.54, 1.807) is 0 Å². The number of hydrogen-bond donors (Lipinski definition) is 1. The van der Waals surface area contributed by atoms with Crippen molar-refractivity contribution in [1.82, 2.24) is 10.2 Å². The molecule has 0 aromatic heterocycles. The second kappa shape index (κ2) is 8.25. The number of hydrogen-bond acceptors (Lipinski definition) is 4. The van der Waals surface area contributed by atoms with Crippen molar-refractivity contribution in [3.05, 3.63) is 0 Å². The van der Waals surface area contributed by atoms with E-state index in [0.717, 1.165) is 38.8 Å². The quantitative estimate of drug-likeness (QED) is 0.752. The van der Waals surface area contributed by atoms with E-state index in [9.17, 15) is 9.59 Å². The number of esters is 1. The molecule has 1 saturated heterocycles. The average molecular weight is 284 g/mol. The van der Waals surface area contributed by atoms with Crippen LogP contribution in [-0.2, 0) is 14.3 Å². The number of nitrogens with one attached hydrogen (secondary N) is 1. The van der Waals surface area contributed by atoms with Crippen molar-refractivity contribution >= 4 is 11.9 Å². The monoisotopic (exact) mass is 284 g/mol. The van der Waals surface area contributed by atoms with Crippen molar-refractivity contribution in [3.8, 4) is 0 Å². The number of ether oxygens (including phenoxy) is 1. The van der Waals surface area contributed by atoms with Crippen LogP contribution in [0.15, 0.2) is 0 Å². The molecule has 1 amide bonds. The number of piperidine rings is 1. The minimum absolute atomic E-state index is 0.00876. The number of nitrogens with zero attached hydrogens (tertiary/aromatic N) is 1. The first kappa shape index (κ1) is 17.0. The van der Waals surface area contributed by atoms with Crippen LogP contribution in [0.1, 0.15) is 46.5 Å². The number of amides is 1. The fraction of sp³-hybridized carbons (Fsp3) is 0.867. The van der Waals surface area contributed by atoms with Gasteiger partial charge in [-0.1, -0.05) is 13.8 Å². The van der Waals surface area contributed by atoms with Gasteiger partial charge in [0.25, 0.3) is 0 Å². The predicted octanol–water partition coefficient (Wildman–Crippen LogP) is 1.56. The highest BCUT2D eigenvalue weighted by atomic mass is 16.5. The summed E-state index contributed by atoms with van der Waals surface area (Å²) in [5.74, 6) is -0.0421. The zero-order chi connectivity index (χ0) is 15.1. The first-order valence-electron chi connectivity index (χ1n) is 7.65. The molecule has 5 nitrogen and oxygen atoms in total. The predicted molar refractivity (Wildman–Crippen MR) is 78.3 cm³/mol. The molecule has 1 atom stereocenters. The van der Waals surface area contributed by atoms with Gasteiger partial charge in [-0.2, -0.15) is 0 Å². The zero-order valence-electron chi connectivity index (χ0n) is 13.1. The highest BCUT2D eigenvalue weighted by Gasteiger charge is 2.30. The minimum atomic E-state index is -0.130. The van der Waals surface area contributed by atoms with Crippen LogP contribution in [0.5, 0.6) is 0 Å². The first-order chi connectivity index (χ1) is 9.53. The van der Waals surface area contributed by atoms with Gasteiger partial charge in [0.05, 0.1) is 19.1 Å². The standard InChI is InChI=1S/C15H28N2O3/c1-5-13(6-2)16-14(18)11(3)17-9-7-12(8-10-17)15(19)20-4/h11-13H,5-10H2,1-4H3,(H,16,18). The highest BCUT2D eigenvalue weighted by Crippen LogP contribution is 2.20. The van der Waals surface area contributed by atoms with Crippen molar-refractivity contribution in [2.45, 2.75) is 58.5 Å². The van der Waals surface area contributed by atoms with Gasteiger partial charge in [0.15, 0.2) is 0 Å². The van der Waals surface area contributed by atoms with Crippen LogP contribution in [0.3, 0.4) is 0 Å². The lowest BCUT2D eigenvalue weighted by Crippen LogP contribution is -2.50. The van der Waals surface area contributed by atoms with Crippen molar-refractivity contribution < 1.29 is 14.3 Å². The molecule has 0 aromatic rings. The minimum Gasteiger partial charge on any atom is -0.469 e.